The molecule has 1 nitrogen and oxygen atoms in total. The lowest BCUT2D eigenvalue weighted by Crippen LogP contribution is -2.43. The van der Waals surface area contributed by atoms with E-state index in [9.17, 15) is 0 Å². The number of unbranched alkanes of at least 4 members (excludes halogenated alkanes) is 1. The van der Waals surface area contributed by atoms with Crippen molar-refractivity contribution in [3.8, 4) is 0 Å². The van der Waals surface area contributed by atoms with Crippen LogP contribution in [-0.2, 0) is 0 Å². The maximum absolute atomic E-state index is 6.62. The van der Waals surface area contributed by atoms with Gasteiger partial charge in [0.1, 0.15) is 0 Å². The Morgan fingerprint density at radius 2 is 1.67 bits per heavy atom. The van der Waals surface area contributed by atoms with E-state index in [1.165, 1.54) is 31.4 Å². The summed E-state index contributed by atoms with van der Waals surface area (Å²) in [5.41, 5.74) is 0. The summed E-state index contributed by atoms with van der Waals surface area (Å²) in [5.74, 6) is 0. The fourth-order valence-corrected chi connectivity index (χ4v) is 5.18. The summed E-state index contributed by atoms with van der Waals surface area (Å²) in [5, 5.41) is 0. The van der Waals surface area contributed by atoms with E-state index in [0.717, 1.165) is 0 Å². The monoisotopic (exact) mass is 207 g/mol. The van der Waals surface area contributed by atoms with E-state index < -0.39 is 7.55 Å². The third kappa shape index (κ3) is 3.92. The normalized spacial score (nSPS) is 16.5. The van der Waals surface area contributed by atoms with Crippen molar-refractivity contribution < 1.29 is 0 Å². The zero-order valence-electron chi connectivity index (χ0n) is 8.86. The van der Waals surface area contributed by atoms with E-state index in [1.807, 2.05) is 0 Å². The number of halogens is 1. The zero-order valence-corrected chi connectivity index (χ0v) is 10.6. The van der Waals surface area contributed by atoms with Crippen molar-refractivity contribution >= 4 is 18.6 Å². The van der Waals surface area contributed by atoms with E-state index in [0.29, 0.717) is 0 Å². The predicted molar refractivity (Wildman–Crippen MR) is 60.1 cm³/mol. The second-order valence-electron chi connectivity index (χ2n) is 3.67. The highest BCUT2D eigenvalue weighted by Crippen LogP contribution is 2.26. The number of hydrogen-bond donors (Lipinski definition) is 0. The molecule has 0 bridgehead atoms. The molecule has 0 amide bonds. The molecule has 1 unspecified atom stereocenters. The molecule has 3 heteroatoms. The molecule has 0 N–H and O–H groups in total. The Morgan fingerprint density at radius 3 is 2.00 bits per heavy atom. The summed E-state index contributed by atoms with van der Waals surface area (Å²) >= 11 is 6.62. The molecule has 0 saturated carbocycles. The Balaban J connectivity index is 3.99. The molecule has 0 radical (unpaired) electrons. The van der Waals surface area contributed by atoms with E-state index in [4.69, 9.17) is 11.1 Å². The van der Waals surface area contributed by atoms with Gasteiger partial charge in [0, 0.05) is 0 Å². The first kappa shape index (κ1) is 12.5. The van der Waals surface area contributed by atoms with Crippen molar-refractivity contribution in [3.05, 3.63) is 0 Å². The Labute approximate surface area is 82.9 Å². The Kier molecular flexibility index (Phi) is 6.24. The van der Waals surface area contributed by atoms with Crippen LogP contribution in [0.3, 0.4) is 0 Å². The Hall–Kier alpha value is 0.467. The fourth-order valence-electron chi connectivity index (χ4n) is 1.40. The molecule has 12 heavy (non-hydrogen) atoms. The standard InChI is InChI=1S/C9H22ClNSi/c1-5-7-9-12(10,8-6-2)11(3)4/h5-9H2,1-4H3. The van der Waals surface area contributed by atoms with Crippen molar-refractivity contribution in [3.63, 3.8) is 0 Å². The topological polar surface area (TPSA) is 3.24 Å². The summed E-state index contributed by atoms with van der Waals surface area (Å²) in [4.78, 5) is 0. The summed E-state index contributed by atoms with van der Waals surface area (Å²) in [7, 11) is 2.72. The fraction of sp³-hybridized carbons (Fsp3) is 1.00. The van der Waals surface area contributed by atoms with Crippen molar-refractivity contribution in [1.29, 1.82) is 0 Å². The molecule has 0 aromatic rings. The minimum atomic E-state index is -1.54. The van der Waals surface area contributed by atoms with Crippen molar-refractivity contribution in [2.75, 3.05) is 14.1 Å². The molecule has 0 aliphatic heterocycles. The lowest BCUT2D eigenvalue weighted by Gasteiger charge is -2.30. The van der Waals surface area contributed by atoms with Crippen LogP contribution < -0.4 is 0 Å². The summed E-state index contributed by atoms with van der Waals surface area (Å²) in [6.45, 7) is 4.45. The summed E-state index contributed by atoms with van der Waals surface area (Å²) in [6, 6.07) is 2.47. The van der Waals surface area contributed by atoms with Gasteiger partial charge in [-0.1, -0.05) is 33.1 Å². The molecule has 0 heterocycles. The van der Waals surface area contributed by atoms with Gasteiger partial charge in [-0.25, -0.2) is 0 Å². The maximum Gasteiger partial charge on any atom is 0.228 e. The van der Waals surface area contributed by atoms with Gasteiger partial charge in [-0.2, -0.15) is 0 Å². The van der Waals surface area contributed by atoms with Crippen LogP contribution in [-0.4, -0.2) is 26.2 Å². The highest BCUT2D eigenvalue weighted by Gasteiger charge is 2.31. The predicted octanol–water partition coefficient (Wildman–Crippen LogP) is 3.44. The van der Waals surface area contributed by atoms with E-state index in [1.54, 1.807) is 0 Å². The summed E-state index contributed by atoms with van der Waals surface area (Å²) in [6.07, 6.45) is 3.77. The second kappa shape index (κ2) is 6.00. The van der Waals surface area contributed by atoms with Gasteiger partial charge in [-0.15, -0.1) is 11.1 Å². The molecule has 0 rings (SSSR count). The molecular formula is C9H22ClNSi. The van der Waals surface area contributed by atoms with Gasteiger partial charge in [0.2, 0.25) is 7.55 Å². The largest absolute Gasteiger partial charge is 0.317 e. The van der Waals surface area contributed by atoms with E-state index in [-0.39, 0.29) is 0 Å². The Morgan fingerprint density at radius 1 is 1.08 bits per heavy atom. The van der Waals surface area contributed by atoms with Gasteiger partial charge < -0.3 is 4.57 Å². The maximum atomic E-state index is 6.62. The van der Waals surface area contributed by atoms with Crippen molar-refractivity contribution in [2.24, 2.45) is 0 Å². The molecule has 74 valence electrons. The average molecular weight is 208 g/mol. The van der Waals surface area contributed by atoms with Crippen LogP contribution in [0.15, 0.2) is 0 Å². The molecule has 0 aromatic carbocycles. The van der Waals surface area contributed by atoms with Crippen LogP contribution in [0.4, 0.5) is 0 Å². The van der Waals surface area contributed by atoms with Gasteiger partial charge in [-0.05, 0) is 26.2 Å². The molecule has 0 saturated heterocycles. The van der Waals surface area contributed by atoms with Crippen LogP contribution >= 0.6 is 11.1 Å². The zero-order chi connectivity index (χ0) is 9.61. The molecule has 0 aromatic heterocycles. The summed E-state index contributed by atoms with van der Waals surface area (Å²) < 4.78 is 2.29. The van der Waals surface area contributed by atoms with Gasteiger partial charge >= 0.3 is 0 Å². The van der Waals surface area contributed by atoms with Gasteiger partial charge in [0.25, 0.3) is 0 Å². The van der Waals surface area contributed by atoms with Gasteiger partial charge in [0.15, 0.2) is 0 Å². The quantitative estimate of drug-likeness (QED) is 0.477. The number of nitrogens with zero attached hydrogens (tertiary/aromatic N) is 1. The minimum Gasteiger partial charge on any atom is -0.317 e. The van der Waals surface area contributed by atoms with Crippen LogP contribution in [0, 0.1) is 0 Å². The van der Waals surface area contributed by atoms with Crippen LogP contribution in [0.1, 0.15) is 33.1 Å². The van der Waals surface area contributed by atoms with Gasteiger partial charge in [-0.3, -0.25) is 0 Å². The first-order valence-corrected chi connectivity index (χ1v) is 8.30. The number of rotatable bonds is 6. The van der Waals surface area contributed by atoms with Gasteiger partial charge in [0.05, 0.1) is 0 Å². The lowest BCUT2D eigenvalue weighted by molar-refractivity contribution is 0.611. The Bertz CT molecular complexity index is 119. The smallest absolute Gasteiger partial charge is 0.228 e. The third-order valence-electron chi connectivity index (χ3n) is 2.35. The van der Waals surface area contributed by atoms with Crippen LogP contribution in [0.25, 0.3) is 0 Å². The second-order valence-corrected chi connectivity index (χ2v) is 9.51. The third-order valence-corrected chi connectivity index (χ3v) is 8.48. The molecule has 1 atom stereocenters. The molecular weight excluding hydrogens is 186 g/mol. The minimum absolute atomic E-state index is 1.22. The molecule has 0 spiro atoms. The van der Waals surface area contributed by atoms with E-state index in [2.05, 4.69) is 32.5 Å². The SMILES string of the molecule is CCCC[Si](Cl)(CCC)N(C)C. The van der Waals surface area contributed by atoms with Crippen molar-refractivity contribution in [2.45, 2.75) is 45.2 Å². The van der Waals surface area contributed by atoms with Crippen LogP contribution in [0.2, 0.25) is 12.1 Å². The highest BCUT2D eigenvalue weighted by atomic mass is 35.6. The first-order valence-electron chi connectivity index (χ1n) is 4.93. The highest BCUT2D eigenvalue weighted by molar-refractivity contribution is 7.18. The molecule has 0 aliphatic carbocycles. The first-order chi connectivity index (χ1) is 5.56. The molecule has 0 fully saturated rings. The van der Waals surface area contributed by atoms with Crippen LogP contribution in [0.5, 0.6) is 0 Å². The lowest BCUT2D eigenvalue weighted by atomic mass is 10.4. The van der Waals surface area contributed by atoms with Crippen molar-refractivity contribution in [1.82, 2.24) is 4.57 Å². The number of hydrogen-bond acceptors (Lipinski definition) is 1. The molecule has 0 aliphatic rings. The van der Waals surface area contributed by atoms with E-state index >= 15 is 0 Å². The average Bonchev–Trinajstić information content (AvgIpc) is 2.01.